The molecule has 2 heterocycles. The molecule has 2 aromatic heterocycles. The van der Waals surface area contributed by atoms with E-state index >= 15 is 0 Å². The SMILES string of the molecule is Nc1cnn(Cc2sccc2Br)c1. The third-order valence-corrected chi connectivity index (χ3v) is 3.56. The molecule has 0 spiro atoms. The maximum Gasteiger partial charge on any atom is 0.0764 e. The van der Waals surface area contributed by atoms with Crippen molar-refractivity contribution in [3.63, 3.8) is 0 Å². The molecule has 0 radical (unpaired) electrons. The molecule has 0 atom stereocenters. The predicted molar refractivity (Wildman–Crippen MR) is 57.8 cm³/mol. The lowest BCUT2D eigenvalue weighted by molar-refractivity contribution is 0.693. The van der Waals surface area contributed by atoms with Crippen molar-refractivity contribution >= 4 is 33.0 Å². The second kappa shape index (κ2) is 3.51. The van der Waals surface area contributed by atoms with E-state index in [2.05, 4.69) is 21.0 Å². The van der Waals surface area contributed by atoms with E-state index in [4.69, 9.17) is 5.73 Å². The summed E-state index contributed by atoms with van der Waals surface area (Å²) in [5, 5.41) is 6.16. The van der Waals surface area contributed by atoms with Crippen LogP contribution in [0.5, 0.6) is 0 Å². The molecule has 0 unspecified atom stereocenters. The Morgan fingerprint density at radius 1 is 1.62 bits per heavy atom. The van der Waals surface area contributed by atoms with Gasteiger partial charge in [0.15, 0.2) is 0 Å². The Bertz CT molecular complexity index is 407. The summed E-state index contributed by atoms with van der Waals surface area (Å²) in [6.45, 7) is 0.773. The van der Waals surface area contributed by atoms with Crippen LogP contribution in [0.2, 0.25) is 0 Å². The van der Waals surface area contributed by atoms with Crippen LogP contribution in [0.4, 0.5) is 5.69 Å². The van der Waals surface area contributed by atoms with Gasteiger partial charge < -0.3 is 5.73 Å². The van der Waals surface area contributed by atoms with Gasteiger partial charge in [0.2, 0.25) is 0 Å². The van der Waals surface area contributed by atoms with Crippen LogP contribution in [-0.4, -0.2) is 9.78 Å². The highest BCUT2D eigenvalue weighted by atomic mass is 79.9. The van der Waals surface area contributed by atoms with Gasteiger partial charge in [-0.1, -0.05) is 0 Å². The Morgan fingerprint density at radius 2 is 2.46 bits per heavy atom. The van der Waals surface area contributed by atoms with Gasteiger partial charge in [0.25, 0.3) is 0 Å². The van der Waals surface area contributed by atoms with Gasteiger partial charge in [0.05, 0.1) is 18.4 Å². The van der Waals surface area contributed by atoms with Gasteiger partial charge in [0.1, 0.15) is 0 Å². The predicted octanol–water partition coefficient (Wildman–Crippen LogP) is 2.34. The highest BCUT2D eigenvalue weighted by molar-refractivity contribution is 9.10. The topological polar surface area (TPSA) is 43.8 Å². The third kappa shape index (κ3) is 1.92. The van der Waals surface area contributed by atoms with Crippen molar-refractivity contribution in [2.45, 2.75) is 6.54 Å². The lowest BCUT2D eigenvalue weighted by atomic mass is 10.5. The summed E-state index contributed by atoms with van der Waals surface area (Å²) >= 11 is 5.17. The fourth-order valence-electron chi connectivity index (χ4n) is 1.05. The van der Waals surface area contributed by atoms with E-state index in [0.717, 1.165) is 11.0 Å². The zero-order chi connectivity index (χ0) is 9.26. The Hall–Kier alpha value is -0.810. The number of nitrogen functional groups attached to an aromatic ring is 1. The first-order valence-corrected chi connectivity index (χ1v) is 5.43. The van der Waals surface area contributed by atoms with Gasteiger partial charge in [-0.05, 0) is 27.4 Å². The van der Waals surface area contributed by atoms with Gasteiger partial charge in [-0.3, -0.25) is 4.68 Å². The van der Waals surface area contributed by atoms with E-state index in [1.165, 1.54) is 4.88 Å². The fraction of sp³-hybridized carbons (Fsp3) is 0.125. The Balaban J connectivity index is 2.19. The molecule has 0 bridgehead atoms. The van der Waals surface area contributed by atoms with Crippen molar-refractivity contribution in [3.8, 4) is 0 Å². The number of hydrogen-bond acceptors (Lipinski definition) is 3. The number of nitrogens with two attached hydrogens (primary N) is 1. The molecule has 0 amide bonds. The zero-order valence-electron chi connectivity index (χ0n) is 6.77. The van der Waals surface area contributed by atoms with E-state index in [0.29, 0.717) is 5.69 Å². The van der Waals surface area contributed by atoms with Crippen LogP contribution in [0.3, 0.4) is 0 Å². The number of thiophene rings is 1. The van der Waals surface area contributed by atoms with Gasteiger partial charge in [-0.25, -0.2) is 0 Å². The molecular weight excluding hydrogens is 250 g/mol. The van der Waals surface area contributed by atoms with E-state index in [1.807, 2.05) is 22.3 Å². The summed E-state index contributed by atoms with van der Waals surface area (Å²) in [7, 11) is 0. The quantitative estimate of drug-likeness (QED) is 0.898. The molecule has 2 aromatic rings. The maximum atomic E-state index is 5.55. The summed E-state index contributed by atoms with van der Waals surface area (Å²) in [5.41, 5.74) is 6.26. The van der Waals surface area contributed by atoms with Crippen LogP contribution in [0.1, 0.15) is 4.88 Å². The average Bonchev–Trinajstić information content (AvgIpc) is 2.64. The molecule has 2 N–H and O–H groups in total. The third-order valence-electron chi connectivity index (χ3n) is 1.65. The van der Waals surface area contributed by atoms with Crippen LogP contribution < -0.4 is 5.73 Å². The number of halogens is 1. The first-order valence-electron chi connectivity index (χ1n) is 3.75. The van der Waals surface area contributed by atoms with Crippen LogP contribution in [0.25, 0.3) is 0 Å². The minimum Gasteiger partial charge on any atom is -0.396 e. The van der Waals surface area contributed by atoms with Crippen molar-refractivity contribution < 1.29 is 0 Å². The monoisotopic (exact) mass is 257 g/mol. The average molecular weight is 258 g/mol. The van der Waals surface area contributed by atoms with Gasteiger partial charge >= 0.3 is 0 Å². The second-order valence-electron chi connectivity index (χ2n) is 2.66. The van der Waals surface area contributed by atoms with E-state index in [-0.39, 0.29) is 0 Å². The number of aromatic nitrogens is 2. The molecule has 68 valence electrons. The molecule has 3 nitrogen and oxygen atoms in total. The number of hydrogen-bond donors (Lipinski definition) is 1. The van der Waals surface area contributed by atoms with E-state index in [9.17, 15) is 0 Å². The molecule has 2 rings (SSSR count). The fourth-order valence-corrected chi connectivity index (χ4v) is 2.52. The maximum absolute atomic E-state index is 5.55. The molecule has 0 aliphatic carbocycles. The molecule has 5 heteroatoms. The molecule has 0 aromatic carbocycles. The molecule has 0 fully saturated rings. The largest absolute Gasteiger partial charge is 0.396 e. The summed E-state index contributed by atoms with van der Waals surface area (Å²) in [6, 6.07) is 2.03. The zero-order valence-corrected chi connectivity index (χ0v) is 9.18. The first kappa shape index (κ1) is 8.77. The minimum atomic E-state index is 0.702. The summed E-state index contributed by atoms with van der Waals surface area (Å²) in [4.78, 5) is 1.25. The number of rotatable bonds is 2. The van der Waals surface area contributed by atoms with Crippen molar-refractivity contribution in [2.24, 2.45) is 0 Å². The van der Waals surface area contributed by atoms with Crippen molar-refractivity contribution in [3.05, 3.63) is 33.2 Å². The normalized spacial score (nSPS) is 10.5. The van der Waals surface area contributed by atoms with Crippen LogP contribution in [0.15, 0.2) is 28.3 Å². The van der Waals surface area contributed by atoms with Crippen LogP contribution in [0, 0.1) is 0 Å². The molecular formula is C8H8BrN3S. The number of nitrogens with zero attached hydrogens (tertiary/aromatic N) is 2. The van der Waals surface area contributed by atoms with Crippen molar-refractivity contribution in [1.29, 1.82) is 0 Å². The van der Waals surface area contributed by atoms with Gasteiger partial charge in [-0.15, -0.1) is 11.3 Å². The molecule has 0 saturated carbocycles. The Labute approximate surface area is 88.3 Å². The highest BCUT2D eigenvalue weighted by Crippen LogP contribution is 2.23. The second-order valence-corrected chi connectivity index (χ2v) is 4.52. The van der Waals surface area contributed by atoms with Gasteiger partial charge in [0, 0.05) is 15.5 Å². The Morgan fingerprint density at radius 3 is 3.00 bits per heavy atom. The molecule has 0 saturated heterocycles. The summed E-state index contributed by atoms with van der Waals surface area (Å²) < 4.78 is 2.96. The molecule has 0 aliphatic rings. The number of anilines is 1. The smallest absolute Gasteiger partial charge is 0.0764 e. The summed E-state index contributed by atoms with van der Waals surface area (Å²) in [6.07, 6.45) is 3.48. The first-order chi connectivity index (χ1) is 6.25. The lowest BCUT2D eigenvalue weighted by Crippen LogP contribution is -1.98. The Kier molecular flexibility index (Phi) is 2.37. The molecule has 0 aliphatic heterocycles. The van der Waals surface area contributed by atoms with E-state index in [1.54, 1.807) is 17.5 Å². The molecule has 13 heavy (non-hydrogen) atoms. The standard InChI is InChI=1S/C8H8BrN3S/c9-7-1-2-13-8(7)5-12-4-6(10)3-11-12/h1-4H,5,10H2. The highest BCUT2D eigenvalue weighted by Gasteiger charge is 2.02. The lowest BCUT2D eigenvalue weighted by Gasteiger charge is -1.98. The van der Waals surface area contributed by atoms with E-state index < -0.39 is 0 Å². The van der Waals surface area contributed by atoms with Crippen LogP contribution >= 0.6 is 27.3 Å². The minimum absolute atomic E-state index is 0.702. The van der Waals surface area contributed by atoms with Gasteiger partial charge in [-0.2, -0.15) is 5.10 Å². The summed E-state index contributed by atoms with van der Waals surface area (Å²) in [5.74, 6) is 0. The van der Waals surface area contributed by atoms with Crippen molar-refractivity contribution in [2.75, 3.05) is 5.73 Å². The van der Waals surface area contributed by atoms with Crippen LogP contribution in [-0.2, 0) is 6.54 Å². The van der Waals surface area contributed by atoms with Crippen molar-refractivity contribution in [1.82, 2.24) is 9.78 Å².